The molecule has 1 saturated carbocycles. The molecule has 0 spiro atoms. The maximum atomic E-state index is 6.52. The van der Waals surface area contributed by atoms with Gasteiger partial charge in [0, 0.05) is 19.0 Å². The molecule has 0 amide bonds. The minimum absolute atomic E-state index is 0.221. The monoisotopic (exact) mass is 312 g/mol. The Balaban J connectivity index is 2.27. The molecular weight excluding hydrogens is 284 g/mol. The summed E-state index contributed by atoms with van der Waals surface area (Å²) in [6, 6.07) is 0.221. The molecule has 4 nitrogen and oxygen atoms in total. The highest BCUT2D eigenvalue weighted by Crippen LogP contribution is 2.69. The predicted octanol–water partition coefficient (Wildman–Crippen LogP) is 3.18. The Morgan fingerprint density at radius 3 is 2.24 bits per heavy atom. The number of rotatable bonds is 6. The number of hydrogen-bond acceptors (Lipinski definition) is 3. The molecule has 21 heavy (non-hydrogen) atoms. The van der Waals surface area contributed by atoms with E-state index in [1.807, 2.05) is 4.68 Å². The van der Waals surface area contributed by atoms with E-state index in [-0.39, 0.29) is 6.04 Å². The van der Waals surface area contributed by atoms with E-state index in [1.54, 1.807) is 0 Å². The first-order chi connectivity index (χ1) is 9.72. The third-order valence-corrected chi connectivity index (χ3v) is 6.29. The summed E-state index contributed by atoms with van der Waals surface area (Å²) in [6.07, 6.45) is 1.69. The van der Waals surface area contributed by atoms with Crippen LogP contribution in [0, 0.1) is 16.7 Å². The van der Waals surface area contributed by atoms with Crippen LogP contribution in [0.1, 0.15) is 52.9 Å². The average Bonchev–Trinajstić information content (AvgIpc) is 2.69. The minimum atomic E-state index is 0.221. The molecule has 120 valence electrons. The van der Waals surface area contributed by atoms with Crippen LogP contribution in [0.3, 0.4) is 0 Å². The lowest BCUT2D eigenvalue weighted by Crippen LogP contribution is -2.40. The van der Waals surface area contributed by atoms with Crippen molar-refractivity contribution in [2.24, 2.45) is 22.6 Å². The predicted molar refractivity (Wildman–Crippen MR) is 88.2 cm³/mol. The molecule has 1 heterocycles. The van der Waals surface area contributed by atoms with Gasteiger partial charge in [0.1, 0.15) is 0 Å². The van der Waals surface area contributed by atoms with Crippen LogP contribution in [-0.4, -0.2) is 15.8 Å². The van der Waals surface area contributed by atoms with E-state index < -0.39 is 0 Å². The average molecular weight is 313 g/mol. The van der Waals surface area contributed by atoms with Crippen molar-refractivity contribution in [1.82, 2.24) is 15.2 Å². The van der Waals surface area contributed by atoms with Crippen molar-refractivity contribution in [2.45, 2.75) is 67.0 Å². The van der Waals surface area contributed by atoms with E-state index in [0.29, 0.717) is 16.7 Å². The Morgan fingerprint density at radius 1 is 1.29 bits per heavy atom. The molecule has 1 atom stereocenters. The molecule has 1 fully saturated rings. The number of aryl methyl sites for hydroxylation is 2. The van der Waals surface area contributed by atoms with Gasteiger partial charge in [-0.05, 0) is 30.1 Å². The van der Waals surface area contributed by atoms with Crippen molar-refractivity contribution in [3.05, 3.63) is 16.4 Å². The van der Waals surface area contributed by atoms with Gasteiger partial charge in [-0.1, -0.05) is 46.2 Å². The highest BCUT2D eigenvalue weighted by Gasteiger charge is 2.66. The summed E-state index contributed by atoms with van der Waals surface area (Å²) in [6.45, 7) is 14.3. The molecule has 0 saturated heterocycles. The first-order valence-corrected chi connectivity index (χ1v) is 8.30. The van der Waals surface area contributed by atoms with Crippen molar-refractivity contribution in [1.29, 1.82) is 0 Å². The number of halogens is 1. The fraction of sp³-hybridized carbons (Fsp3) is 0.812. The van der Waals surface area contributed by atoms with Crippen LogP contribution < -0.4 is 11.3 Å². The van der Waals surface area contributed by atoms with Gasteiger partial charge in [0.2, 0.25) is 0 Å². The lowest BCUT2D eigenvalue weighted by Gasteiger charge is -2.19. The van der Waals surface area contributed by atoms with Gasteiger partial charge in [-0.3, -0.25) is 16.0 Å². The molecule has 1 aromatic rings. The van der Waals surface area contributed by atoms with Gasteiger partial charge in [-0.2, -0.15) is 5.10 Å². The van der Waals surface area contributed by atoms with Crippen LogP contribution in [0.5, 0.6) is 0 Å². The smallest absolute Gasteiger partial charge is 0.0850 e. The van der Waals surface area contributed by atoms with Gasteiger partial charge in [-0.15, -0.1) is 0 Å². The number of nitrogens with two attached hydrogens (primary N) is 1. The first kappa shape index (κ1) is 16.8. The third kappa shape index (κ3) is 2.51. The number of aromatic nitrogens is 2. The maximum absolute atomic E-state index is 6.52. The molecule has 2 rings (SSSR count). The van der Waals surface area contributed by atoms with E-state index in [0.717, 1.165) is 35.8 Å². The summed E-state index contributed by atoms with van der Waals surface area (Å²) in [5.74, 6) is 6.40. The van der Waals surface area contributed by atoms with Gasteiger partial charge in [0.15, 0.2) is 0 Å². The number of nitrogens with one attached hydrogen (secondary N) is 1. The lowest BCUT2D eigenvalue weighted by molar-refractivity contribution is 0.392. The topological polar surface area (TPSA) is 55.9 Å². The van der Waals surface area contributed by atoms with E-state index in [4.69, 9.17) is 17.4 Å². The fourth-order valence-corrected chi connectivity index (χ4v) is 4.29. The van der Waals surface area contributed by atoms with Gasteiger partial charge < -0.3 is 0 Å². The summed E-state index contributed by atoms with van der Waals surface area (Å²) in [7, 11) is 0. The van der Waals surface area contributed by atoms with Crippen LogP contribution in [0.15, 0.2) is 0 Å². The Morgan fingerprint density at radius 2 is 1.86 bits per heavy atom. The third-order valence-electron chi connectivity index (χ3n) is 5.86. The molecule has 0 aliphatic heterocycles. The second-order valence-electron chi connectivity index (χ2n) is 7.28. The zero-order chi connectivity index (χ0) is 16.0. The van der Waals surface area contributed by atoms with E-state index in [1.165, 1.54) is 0 Å². The summed E-state index contributed by atoms with van der Waals surface area (Å²) >= 11 is 6.52. The van der Waals surface area contributed by atoms with Crippen molar-refractivity contribution in [2.75, 3.05) is 0 Å². The van der Waals surface area contributed by atoms with Gasteiger partial charge in [0.25, 0.3) is 0 Å². The van der Waals surface area contributed by atoms with Crippen molar-refractivity contribution in [3.63, 3.8) is 0 Å². The number of nitrogens with zero attached hydrogens (tertiary/aromatic N) is 2. The Kier molecular flexibility index (Phi) is 4.45. The standard InChI is InChI=1S/C16H29ClN4/c1-7-10-13(17)12(21(8-2)20-10)9-11(19-18)14-15(3,4)16(14,5)6/h11,14,19H,7-9,18H2,1-6H3. The molecule has 3 N–H and O–H groups in total. The zero-order valence-electron chi connectivity index (χ0n) is 14.1. The van der Waals surface area contributed by atoms with Gasteiger partial charge in [0.05, 0.1) is 16.4 Å². The van der Waals surface area contributed by atoms with E-state index >= 15 is 0 Å². The Hall–Kier alpha value is -0.580. The highest BCUT2D eigenvalue weighted by atomic mass is 35.5. The lowest BCUT2D eigenvalue weighted by atomic mass is 10.00. The van der Waals surface area contributed by atoms with Crippen LogP contribution in [0.2, 0.25) is 5.02 Å². The molecule has 5 heteroatoms. The second kappa shape index (κ2) is 5.56. The zero-order valence-corrected chi connectivity index (χ0v) is 14.9. The largest absolute Gasteiger partial charge is 0.271 e. The summed E-state index contributed by atoms with van der Waals surface area (Å²) in [5, 5.41) is 5.42. The minimum Gasteiger partial charge on any atom is -0.271 e. The van der Waals surface area contributed by atoms with Gasteiger partial charge >= 0.3 is 0 Å². The van der Waals surface area contributed by atoms with Crippen molar-refractivity contribution >= 4 is 11.6 Å². The van der Waals surface area contributed by atoms with Crippen LogP contribution >= 0.6 is 11.6 Å². The summed E-state index contributed by atoms with van der Waals surface area (Å²) in [5.41, 5.74) is 5.71. The van der Waals surface area contributed by atoms with Crippen molar-refractivity contribution in [3.8, 4) is 0 Å². The molecule has 1 unspecified atom stereocenters. The van der Waals surface area contributed by atoms with E-state index in [9.17, 15) is 0 Å². The molecule has 1 aliphatic carbocycles. The molecule has 0 aromatic carbocycles. The quantitative estimate of drug-likeness (QED) is 0.626. The molecular formula is C16H29ClN4. The van der Waals surface area contributed by atoms with Crippen molar-refractivity contribution < 1.29 is 0 Å². The molecule has 0 radical (unpaired) electrons. The summed E-state index contributed by atoms with van der Waals surface area (Å²) < 4.78 is 2.02. The second-order valence-corrected chi connectivity index (χ2v) is 7.65. The van der Waals surface area contributed by atoms with Gasteiger partial charge in [-0.25, -0.2) is 0 Å². The Bertz CT molecular complexity index is 505. The molecule has 1 aromatic heterocycles. The van der Waals surface area contributed by atoms with Crippen LogP contribution in [0.4, 0.5) is 0 Å². The molecule has 1 aliphatic rings. The number of hydrogen-bond donors (Lipinski definition) is 2. The first-order valence-electron chi connectivity index (χ1n) is 7.92. The SMILES string of the molecule is CCc1nn(CC)c(CC(NN)C2C(C)(C)C2(C)C)c1Cl. The number of hydrazine groups is 1. The highest BCUT2D eigenvalue weighted by molar-refractivity contribution is 6.31. The van der Waals surface area contributed by atoms with E-state index in [2.05, 4.69) is 52.1 Å². The van der Waals surface area contributed by atoms with Crippen LogP contribution in [-0.2, 0) is 19.4 Å². The Labute approximate surface area is 133 Å². The van der Waals surface area contributed by atoms with Crippen LogP contribution in [0.25, 0.3) is 0 Å². The molecule has 0 bridgehead atoms. The normalized spacial score (nSPS) is 21.5. The maximum Gasteiger partial charge on any atom is 0.0850 e. The summed E-state index contributed by atoms with van der Waals surface area (Å²) in [4.78, 5) is 0. The fourth-order valence-electron chi connectivity index (χ4n) is 3.95.